The van der Waals surface area contributed by atoms with E-state index in [2.05, 4.69) is 23.9 Å². The zero-order valence-corrected chi connectivity index (χ0v) is 8.85. The van der Waals surface area contributed by atoms with Gasteiger partial charge in [0.2, 0.25) is 0 Å². The molecule has 1 aliphatic rings. The van der Waals surface area contributed by atoms with Crippen LogP contribution < -0.4 is 0 Å². The van der Waals surface area contributed by atoms with Crippen molar-refractivity contribution in [3.8, 4) is 0 Å². The van der Waals surface area contributed by atoms with Gasteiger partial charge in [0.25, 0.3) is 0 Å². The van der Waals surface area contributed by atoms with Crippen molar-refractivity contribution in [2.75, 3.05) is 39.6 Å². The Morgan fingerprint density at radius 2 is 2.00 bits per heavy atom. The van der Waals surface area contributed by atoms with Gasteiger partial charge < -0.3 is 9.80 Å². The standard InChI is InChI=1S/C9H19ClN2/c1-11-6-3-9(4-7-11)12(2)8-5-10/h9H,3-8H2,1-2H3. The number of piperidine rings is 1. The van der Waals surface area contributed by atoms with Gasteiger partial charge >= 0.3 is 0 Å². The lowest BCUT2D eigenvalue weighted by Crippen LogP contribution is -2.42. The maximum absolute atomic E-state index is 5.69. The molecule has 0 bridgehead atoms. The number of halogens is 1. The molecule has 0 aromatic carbocycles. The molecule has 0 saturated carbocycles. The van der Waals surface area contributed by atoms with E-state index in [0.717, 1.165) is 18.5 Å². The Hall–Kier alpha value is 0.210. The number of hydrogen-bond acceptors (Lipinski definition) is 2. The first-order chi connectivity index (χ1) is 5.74. The molecule has 1 aliphatic heterocycles. The molecular formula is C9H19ClN2. The minimum atomic E-state index is 0.753. The molecule has 0 aromatic rings. The van der Waals surface area contributed by atoms with Crippen molar-refractivity contribution in [1.29, 1.82) is 0 Å². The van der Waals surface area contributed by atoms with Gasteiger partial charge in [0.05, 0.1) is 0 Å². The van der Waals surface area contributed by atoms with E-state index in [4.69, 9.17) is 11.6 Å². The highest BCUT2D eigenvalue weighted by Crippen LogP contribution is 2.13. The molecule has 0 aromatic heterocycles. The number of likely N-dealkylation sites (tertiary alicyclic amines) is 1. The Morgan fingerprint density at radius 1 is 1.42 bits per heavy atom. The molecule has 0 atom stereocenters. The Morgan fingerprint density at radius 3 is 2.50 bits per heavy atom. The molecule has 0 spiro atoms. The van der Waals surface area contributed by atoms with Crippen molar-refractivity contribution in [3.05, 3.63) is 0 Å². The lowest BCUT2D eigenvalue weighted by atomic mass is 10.0. The summed E-state index contributed by atoms with van der Waals surface area (Å²) in [7, 11) is 4.37. The second-order valence-corrected chi connectivity index (χ2v) is 4.08. The Bertz CT molecular complexity index is 122. The summed E-state index contributed by atoms with van der Waals surface area (Å²) >= 11 is 5.69. The van der Waals surface area contributed by atoms with E-state index < -0.39 is 0 Å². The summed E-state index contributed by atoms with van der Waals surface area (Å²) in [6, 6.07) is 0.764. The molecule has 12 heavy (non-hydrogen) atoms. The summed E-state index contributed by atoms with van der Waals surface area (Å²) in [5, 5.41) is 0. The van der Waals surface area contributed by atoms with Crippen LogP contribution in [0.3, 0.4) is 0 Å². The highest BCUT2D eigenvalue weighted by Gasteiger charge is 2.19. The predicted molar refractivity (Wildman–Crippen MR) is 53.9 cm³/mol. The van der Waals surface area contributed by atoms with Gasteiger partial charge in [-0.05, 0) is 40.0 Å². The highest BCUT2D eigenvalue weighted by atomic mass is 35.5. The fourth-order valence-corrected chi connectivity index (χ4v) is 2.02. The average molecular weight is 191 g/mol. The zero-order chi connectivity index (χ0) is 8.97. The first kappa shape index (κ1) is 10.3. The van der Waals surface area contributed by atoms with E-state index in [-0.39, 0.29) is 0 Å². The van der Waals surface area contributed by atoms with Gasteiger partial charge in [-0.2, -0.15) is 0 Å². The number of alkyl halides is 1. The smallest absolute Gasteiger partial charge is 0.0351 e. The summed E-state index contributed by atoms with van der Waals surface area (Å²) in [5.41, 5.74) is 0. The molecule has 72 valence electrons. The number of rotatable bonds is 3. The monoisotopic (exact) mass is 190 g/mol. The molecule has 2 nitrogen and oxygen atoms in total. The molecule has 1 fully saturated rings. The van der Waals surface area contributed by atoms with Gasteiger partial charge in [0, 0.05) is 18.5 Å². The first-order valence-electron chi connectivity index (χ1n) is 4.69. The van der Waals surface area contributed by atoms with Crippen molar-refractivity contribution in [2.45, 2.75) is 18.9 Å². The van der Waals surface area contributed by atoms with Crippen molar-refractivity contribution in [2.24, 2.45) is 0 Å². The normalized spacial score (nSPS) is 22.0. The van der Waals surface area contributed by atoms with E-state index in [1.54, 1.807) is 0 Å². The van der Waals surface area contributed by atoms with Gasteiger partial charge in [0.1, 0.15) is 0 Å². The van der Waals surface area contributed by atoms with Crippen LogP contribution in [0.4, 0.5) is 0 Å². The molecule has 0 N–H and O–H groups in total. The second kappa shape index (κ2) is 5.05. The van der Waals surface area contributed by atoms with Crippen LogP contribution in [0.2, 0.25) is 0 Å². The third-order valence-corrected chi connectivity index (χ3v) is 2.92. The quantitative estimate of drug-likeness (QED) is 0.619. The molecule has 0 amide bonds. The summed E-state index contributed by atoms with van der Waals surface area (Å²) in [6.45, 7) is 3.49. The molecule has 0 unspecified atom stereocenters. The summed E-state index contributed by atoms with van der Waals surface area (Å²) < 4.78 is 0. The van der Waals surface area contributed by atoms with Crippen LogP contribution in [-0.2, 0) is 0 Å². The Labute approximate surface area is 80.5 Å². The fourth-order valence-electron chi connectivity index (χ4n) is 1.75. The van der Waals surface area contributed by atoms with E-state index >= 15 is 0 Å². The summed E-state index contributed by atoms with van der Waals surface area (Å²) in [6.07, 6.45) is 2.59. The van der Waals surface area contributed by atoms with Crippen LogP contribution in [0.15, 0.2) is 0 Å². The first-order valence-corrected chi connectivity index (χ1v) is 5.22. The van der Waals surface area contributed by atoms with Crippen molar-refractivity contribution >= 4 is 11.6 Å². The molecule has 1 heterocycles. The van der Waals surface area contributed by atoms with E-state index in [1.165, 1.54) is 25.9 Å². The zero-order valence-electron chi connectivity index (χ0n) is 8.09. The third kappa shape index (κ3) is 2.92. The van der Waals surface area contributed by atoms with E-state index in [1.807, 2.05) is 0 Å². The van der Waals surface area contributed by atoms with Gasteiger partial charge in [-0.3, -0.25) is 0 Å². The summed E-state index contributed by atoms with van der Waals surface area (Å²) in [4.78, 5) is 4.78. The topological polar surface area (TPSA) is 6.48 Å². The SMILES string of the molecule is CN1CCC(N(C)CCCl)CC1. The van der Waals surface area contributed by atoms with Crippen molar-refractivity contribution in [1.82, 2.24) is 9.80 Å². The highest BCUT2D eigenvalue weighted by molar-refractivity contribution is 6.18. The molecule has 0 radical (unpaired) electrons. The van der Waals surface area contributed by atoms with Gasteiger partial charge in [-0.1, -0.05) is 0 Å². The largest absolute Gasteiger partial charge is 0.306 e. The number of nitrogens with zero attached hydrogens (tertiary/aromatic N) is 2. The molecule has 1 rings (SSSR count). The lowest BCUT2D eigenvalue weighted by Gasteiger charge is -2.34. The van der Waals surface area contributed by atoms with Crippen LogP contribution in [0.25, 0.3) is 0 Å². The minimum Gasteiger partial charge on any atom is -0.306 e. The van der Waals surface area contributed by atoms with Crippen molar-refractivity contribution < 1.29 is 0 Å². The van der Waals surface area contributed by atoms with Gasteiger partial charge in [-0.25, -0.2) is 0 Å². The maximum atomic E-state index is 5.69. The number of hydrogen-bond donors (Lipinski definition) is 0. The minimum absolute atomic E-state index is 0.753. The predicted octanol–water partition coefficient (Wildman–Crippen LogP) is 1.25. The molecule has 3 heteroatoms. The molecular weight excluding hydrogens is 172 g/mol. The average Bonchev–Trinajstić information content (AvgIpc) is 2.06. The lowest BCUT2D eigenvalue weighted by molar-refractivity contribution is 0.150. The summed E-state index contributed by atoms with van der Waals surface area (Å²) in [5.74, 6) is 0.753. The third-order valence-electron chi connectivity index (χ3n) is 2.75. The van der Waals surface area contributed by atoms with E-state index in [9.17, 15) is 0 Å². The van der Waals surface area contributed by atoms with Gasteiger partial charge in [-0.15, -0.1) is 11.6 Å². The fraction of sp³-hybridized carbons (Fsp3) is 1.00. The van der Waals surface area contributed by atoms with Crippen LogP contribution in [0, 0.1) is 0 Å². The van der Waals surface area contributed by atoms with E-state index in [0.29, 0.717) is 0 Å². The Kier molecular flexibility index (Phi) is 4.33. The molecule has 0 aliphatic carbocycles. The van der Waals surface area contributed by atoms with Gasteiger partial charge in [0.15, 0.2) is 0 Å². The van der Waals surface area contributed by atoms with Crippen molar-refractivity contribution in [3.63, 3.8) is 0 Å². The van der Waals surface area contributed by atoms with Crippen LogP contribution in [-0.4, -0.2) is 55.5 Å². The van der Waals surface area contributed by atoms with Crippen LogP contribution in [0.1, 0.15) is 12.8 Å². The molecule has 1 saturated heterocycles. The maximum Gasteiger partial charge on any atom is 0.0351 e. The second-order valence-electron chi connectivity index (χ2n) is 3.70. The Balaban J connectivity index is 2.24. The van der Waals surface area contributed by atoms with Crippen LogP contribution in [0.5, 0.6) is 0 Å². The van der Waals surface area contributed by atoms with Crippen LogP contribution >= 0.6 is 11.6 Å².